The van der Waals surface area contributed by atoms with Gasteiger partial charge >= 0.3 is 10.4 Å². The van der Waals surface area contributed by atoms with Gasteiger partial charge in [-0.3, -0.25) is 4.55 Å². The lowest BCUT2D eigenvalue weighted by Gasteiger charge is -2.12. The average molecular weight is 232 g/mol. The summed E-state index contributed by atoms with van der Waals surface area (Å²) in [4.78, 5) is 7.74. The van der Waals surface area contributed by atoms with Crippen LogP contribution in [0.15, 0.2) is 18.5 Å². The number of rotatable bonds is 5. The Labute approximate surface area is 88.3 Å². The maximum absolute atomic E-state index is 10.6. The standard InChI is InChI=1S/C8H12N2O4S/c1-2-4-7(14-15(11,12)13)8-9-5-3-6-10-8/h3,5-7H,2,4H2,1H3,(H,11,12,13). The van der Waals surface area contributed by atoms with E-state index >= 15 is 0 Å². The highest BCUT2D eigenvalue weighted by atomic mass is 32.3. The first kappa shape index (κ1) is 12.0. The van der Waals surface area contributed by atoms with Crippen LogP contribution in [0.2, 0.25) is 0 Å². The van der Waals surface area contributed by atoms with Gasteiger partial charge in [0.1, 0.15) is 6.10 Å². The lowest BCUT2D eigenvalue weighted by molar-refractivity contribution is 0.166. The predicted molar refractivity (Wildman–Crippen MR) is 52.3 cm³/mol. The van der Waals surface area contributed by atoms with Crippen molar-refractivity contribution in [3.05, 3.63) is 24.3 Å². The zero-order valence-electron chi connectivity index (χ0n) is 8.20. The van der Waals surface area contributed by atoms with E-state index in [2.05, 4.69) is 14.2 Å². The zero-order valence-corrected chi connectivity index (χ0v) is 9.01. The first-order valence-corrected chi connectivity index (χ1v) is 5.82. The third-order valence-corrected chi connectivity index (χ3v) is 2.14. The van der Waals surface area contributed by atoms with E-state index in [0.29, 0.717) is 12.8 Å². The van der Waals surface area contributed by atoms with E-state index < -0.39 is 16.5 Å². The largest absolute Gasteiger partial charge is 0.398 e. The Morgan fingerprint density at radius 3 is 2.53 bits per heavy atom. The molecule has 0 saturated heterocycles. The van der Waals surface area contributed by atoms with Crippen LogP contribution in [0.4, 0.5) is 0 Å². The van der Waals surface area contributed by atoms with Crippen LogP contribution < -0.4 is 0 Å². The monoisotopic (exact) mass is 232 g/mol. The molecule has 1 aromatic rings. The van der Waals surface area contributed by atoms with E-state index in [-0.39, 0.29) is 5.82 Å². The maximum Gasteiger partial charge on any atom is 0.398 e. The Hall–Kier alpha value is -1.05. The van der Waals surface area contributed by atoms with Crippen molar-refractivity contribution >= 4 is 10.4 Å². The molecule has 6 nitrogen and oxygen atoms in total. The van der Waals surface area contributed by atoms with Crippen molar-refractivity contribution < 1.29 is 17.2 Å². The molecular weight excluding hydrogens is 220 g/mol. The second kappa shape index (κ2) is 5.15. The van der Waals surface area contributed by atoms with Crippen molar-refractivity contribution in [1.29, 1.82) is 0 Å². The van der Waals surface area contributed by atoms with Crippen LogP contribution in [0.1, 0.15) is 31.7 Å². The number of hydrogen-bond acceptors (Lipinski definition) is 5. The van der Waals surface area contributed by atoms with Crippen molar-refractivity contribution in [1.82, 2.24) is 9.97 Å². The van der Waals surface area contributed by atoms with E-state index in [1.165, 1.54) is 12.4 Å². The lowest BCUT2D eigenvalue weighted by atomic mass is 10.2. The van der Waals surface area contributed by atoms with Gasteiger partial charge in [0.25, 0.3) is 0 Å². The molecule has 0 bridgehead atoms. The second-order valence-corrected chi connectivity index (χ2v) is 3.96. The first-order chi connectivity index (χ1) is 7.03. The molecule has 15 heavy (non-hydrogen) atoms. The van der Waals surface area contributed by atoms with Crippen LogP contribution in [-0.2, 0) is 14.6 Å². The molecule has 1 heterocycles. The van der Waals surface area contributed by atoms with Crippen LogP contribution in [0.25, 0.3) is 0 Å². The van der Waals surface area contributed by atoms with Crippen molar-refractivity contribution in [2.24, 2.45) is 0 Å². The fraction of sp³-hybridized carbons (Fsp3) is 0.500. The van der Waals surface area contributed by atoms with Gasteiger partial charge in [0.15, 0.2) is 5.82 Å². The Balaban J connectivity index is 2.84. The molecule has 0 radical (unpaired) electrons. The lowest BCUT2D eigenvalue weighted by Crippen LogP contribution is -2.13. The fourth-order valence-corrected chi connectivity index (χ4v) is 1.58. The quantitative estimate of drug-likeness (QED) is 0.765. The molecule has 0 aliphatic heterocycles. The van der Waals surface area contributed by atoms with Crippen LogP contribution in [0.5, 0.6) is 0 Å². The third-order valence-electron chi connectivity index (χ3n) is 1.66. The molecule has 1 rings (SSSR count). The summed E-state index contributed by atoms with van der Waals surface area (Å²) in [6.45, 7) is 1.86. The van der Waals surface area contributed by atoms with Crippen LogP contribution in [-0.4, -0.2) is 22.9 Å². The first-order valence-electron chi connectivity index (χ1n) is 4.45. The van der Waals surface area contributed by atoms with E-state index in [0.717, 1.165) is 0 Å². The van der Waals surface area contributed by atoms with E-state index in [4.69, 9.17) is 4.55 Å². The molecule has 1 N–H and O–H groups in total. The summed E-state index contributed by atoms with van der Waals surface area (Å²) < 4.78 is 34.2. The smallest absolute Gasteiger partial charge is 0.264 e. The minimum atomic E-state index is -4.47. The summed E-state index contributed by atoms with van der Waals surface area (Å²) in [5, 5.41) is 0. The van der Waals surface area contributed by atoms with Gasteiger partial charge in [0, 0.05) is 12.4 Å². The van der Waals surface area contributed by atoms with Gasteiger partial charge in [-0.25, -0.2) is 14.2 Å². The molecular formula is C8H12N2O4S. The van der Waals surface area contributed by atoms with Crippen LogP contribution >= 0.6 is 0 Å². The van der Waals surface area contributed by atoms with Crippen molar-refractivity contribution in [3.63, 3.8) is 0 Å². The predicted octanol–water partition coefficient (Wildman–Crippen LogP) is 1.14. The fourth-order valence-electron chi connectivity index (χ4n) is 1.11. The van der Waals surface area contributed by atoms with Gasteiger partial charge in [-0.2, -0.15) is 8.42 Å². The van der Waals surface area contributed by atoms with Crippen molar-refractivity contribution in [2.75, 3.05) is 0 Å². The highest BCUT2D eigenvalue weighted by Crippen LogP contribution is 2.20. The molecule has 0 fully saturated rings. The summed E-state index contributed by atoms with van der Waals surface area (Å²) >= 11 is 0. The van der Waals surface area contributed by atoms with Gasteiger partial charge in [-0.05, 0) is 12.5 Å². The molecule has 0 saturated carbocycles. The summed E-state index contributed by atoms with van der Waals surface area (Å²) in [6, 6.07) is 1.61. The molecule has 0 amide bonds. The molecule has 84 valence electrons. The normalized spacial score (nSPS) is 13.7. The van der Waals surface area contributed by atoms with Gasteiger partial charge in [-0.1, -0.05) is 13.3 Å². The molecule has 1 atom stereocenters. The van der Waals surface area contributed by atoms with Crippen LogP contribution in [0, 0.1) is 0 Å². The SMILES string of the molecule is CCCC(OS(=O)(=O)O)c1ncccn1. The van der Waals surface area contributed by atoms with E-state index in [9.17, 15) is 8.42 Å². The third kappa shape index (κ3) is 4.32. The zero-order chi connectivity index (χ0) is 11.3. The molecule has 0 aliphatic carbocycles. The Bertz CT molecular complexity index is 392. The molecule has 7 heteroatoms. The van der Waals surface area contributed by atoms with Crippen molar-refractivity contribution in [3.8, 4) is 0 Å². The average Bonchev–Trinajstić information content (AvgIpc) is 2.17. The van der Waals surface area contributed by atoms with Gasteiger partial charge in [0.2, 0.25) is 0 Å². The molecule has 1 aromatic heterocycles. The summed E-state index contributed by atoms with van der Waals surface area (Å²) in [7, 11) is -4.47. The number of nitrogens with zero attached hydrogens (tertiary/aromatic N) is 2. The Kier molecular flexibility index (Phi) is 4.13. The molecule has 0 aromatic carbocycles. The van der Waals surface area contributed by atoms with Gasteiger partial charge in [-0.15, -0.1) is 0 Å². The van der Waals surface area contributed by atoms with Crippen LogP contribution in [0.3, 0.4) is 0 Å². The molecule has 1 unspecified atom stereocenters. The molecule has 0 spiro atoms. The summed E-state index contributed by atoms with van der Waals surface area (Å²) in [6.07, 6.45) is 3.25. The highest BCUT2D eigenvalue weighted by Gasteiger charge is 2.20. The van der Waals surface area contributed by atoms with Gasteiger partial charge < -0.3 is 0 Å². The van der Waals surface area contributed by atoms with E-state index in [1.807, 2.05) is 6.92 Å². The number of aromatic nitrogens is 2. The highest BCUT2D eigenvalue weighted by molar-refractivity contribution is 7.80. The molecule has 0 aliphatic rings. The topological polar surface area (TPSA) is 89.4 Å². The maximum atomic E-state index is 10.6. The van der Waals surface area contributed by atoms with Crippen molar-refractivity contribution in [2.45, 2.75) is 25.9 Å². The van der Waals surface area contributed by atoms with E-state index in [1.54, 1.807) is 6.07 Å². The summed E-state index contributed by atoms with van der Waals surface area (Å²) in [5.41, 5.74) is 0. The summed E-state index contributed by atoms with van der Waals surface area (Å²) in [5.74, 6) is 0.247. The second-order valence-electron chi connectivity index (χ2n) is 2.91. The minimum absolute atomic E-state index is 0.247. The number of hydrogen-bond donors (Lipinski definition) is 1. The minimum Gasteiger partial charge on any atom is -0.264 e. The Morgan fingerprint density at radius 1 is 1.47 bits per heavy atom. The van der Waals surface area contributed by atoms with Gasteiger partial charge in [0.05, 0.1) is 0 Å². The Morgan fingerprint density at radius 2 is 2.07 bits per heavy atom.